The fourth-order valence-corrected chi connectivity index (χ4v) is 3.55. The van der Waals surface area contributed by atoms with Crippen LogP contribution in [0.3, 0.4) is 0 Å². The van der Waals surface area contributed by atoms with Crippen LogP contribution in [0.2, 0.25) is 0 Å². The predicted molar refractivity (Wildman–Crippen MR) is 67.2 cm³/mol. The molecule has 1 saturated heterocycles. The molecule has 0 aromatic heterocycles. The maximum atomic E-state index is 11.8. The Hall–Kier alpha value is -0.210. The lowest BCUT2D eigenvalue weighted by molar-refractivity contribution is -0.145. The van der Waals surface area contributed by atoms with E-state index in [2.05, 4.69) is 9.44 Å². The third-order valence-corrected chi connectivity index (χ3v) is 4.67. The molecule has 0 amide bonds. The van der Waals surface area contributed by atoms with Crippen molar-refractivity contribution in [3.8, 4) is 0 Å². The summed E-state index contributed by atoms with van der Waals surface area (Å²) in [4.78, 5) is 0. The molecule has 1 saturated carbocycles. The quantitative estimate of drug-likeness (QED) is 0.742. The first-order valence-corrected chi connectivity index (χ1v) is 8.02. The fourth-order valence-electron chi connectivity index (χ4n) is 2.42. The van der Waals surface area contributed by atoms with Gasteiger partial charge < -0.3 is 9.47 Å². The lowest BCUT2D eigenvalue weighted by atomic mass is 10.2. The third kappa shape index (κ3) is 4.17. The van der Waals surface area contributed by atoms with Crippen LogP contribution in [0, 0.1) is 0 Å². The molecule has 0 unspecified atom stereocenters. The Morgan fingerprint density at radius 3 is 2.44 bits per heavy atom. The van der Waals surface area contributed by atoms with Crippen molar-refractivity contribution in [1.82, 2.24) is 9.44 Å². The van der Waals surface area contributed by atoms with Gasteiger partial charge in [-0.3, -0.25) is 0 Å². The van der Waals surface area contributed by atoms with E-state index in [1.807, 2.05) is 6.92 Å². The minimum absolute atomic E-state index is 0.0945. The van der Waals surface area contributed by atoms with E-state index in [9.17, 15) is 8.42 Å². The van der Waals surface area contributed by atoms with Crippen LogP contribution in [0.4, 0.5) is 0 Å². The molecule has 0 aromatic rings. The van der Waals surface area contributed by atoms with E-state index in [4.69, 9.17) is 9.47 Å². The van der Waals surface area contributed by atoms with Crippen LogP contribution in [-0.2, 0) is 19.7 Å². The summed E-state index contributed by atoms with van der Waals surface area (Å²) < 4.78 is 39.6. The molecule has 6 nitrogen and oxygen atoms in total. The van der Waals surface area contributed by atoms with Gasteiger partial charge in [0.25, 0.3) is 10.2 Å². The monoisotopic (exact) mass is 278 g/mol. The summed E-state index contributed by atoms with van der Waals surface area (Å²) in [5.41, 5.74) is 0. The fraction of sp³-hybridized carbons (Fsp3) is 1.00. The van der Waals surface area contributed by atoms with E-state index >= 15 is 0 Å². The van der Waals surface area contributed by atoms with Gasteiger partial charge >= 0.3 is 0 Å². The van der Waals surface area contributed by atoms with Crippen molar-refractivity contribution in [2.24, 2.45) is 0 Å². The van der Waals surface area contributed by atoms with Crippen LogP contribution in [0.25, 0.3) is 0 Å². The van der Waals surface area contributed by atoms with Crippen LogP contribution < -0.4 is 9.44 Å². The number of nitrogens with one attached hydrogen (secondary N) is 2. The number of hydrogen-bond acceptors (Lipinski definition) is 4. The van der Waals surface area contributed by atoms with Crippen molar-refractivity contribution in [3.05, 3.63) is 0 Å². The van der Waals surface area contributed by atoms with Crippen LogP contribution in [0.15, 0.2) is 0 Å². The van der Waals surface area contributed by atoms with Crippen LogP contribution >= 0.6 is 0 Å². The smallest absolute Gasteiger partial charge is 0.277 e. The van der Waals surface area contributed by atoms with Gasteiger partial charge in [-0.05, 0) is 19.8 Å². The molecule has 2 N–H and O–H groups in total. The molecule has 2 aliphatic rings. The number of rotatable bonds is 6. The molecule has 1 aliphatic carbocycles. The molecule has 0 bridgehead atoms. The van der Waals surface area contributed by atoms with Crippen LogP contribution in [0.1, 0.15) is 39.0 Å². The van der Waals surface area contributed by atoms with Gasteiger partial charge in [0.05, 0.1) is 13.2 Å². The lowest BCUT2D eigenvalue weighted by Gasteiger charge is -2.22. The SMILES string of the molecule is CC1(CCNS(=O)(=O)NC2CCCC2)OCCO1. The van der Waals surface area contributed by atoms with Crippen LogP contribution in [0.5, 0.6) is 0 Å². The van der Waals surface area contributed by atoms with Gasteiger partial charge in [-0.25, -0.2) is 4.72 Å². The Bertz CT molecular complexity index is 359. The van der Waals surface area contributed by atoms with Crippen molar-refractivity contribution >= 4 is 10.2 Å². The maximum absolute atomic E-state index is 11.8. The van der Waals surface area contributed by atoms with E-state index in [1.165, 1.54) is 0 Å². The number of ether oxygens (including phenoxy) is 2. The molecule has 18 heavy (non-hydrogen) atoms. The highest BCUT2D eigenvalue weighted by Crippen LogP contribution is 2.22. The van der Waals surface area contributed by atoms with Gasteiger partial charge in [0.1, 0.15) is 0 Å². The van der Waals surface area contributed by atoms with Crippen molar-refractivity contribution in [3.63, 3.8) is 0 Å². The summed E-state index contributed by atoms with van der Waals surface area (Å²) in [5.74, 6) is -0.643. The average molecular weight is 278 g/mol. The van der Waals surface area contributed by atoms with Crippen molar-refractivity contribution in [2.75, 3.05) is 19.8 Å². The molecular formula is C11H22N2O4S. The van der Waals surface area contributed by atoms with E-state index in [0.29, 0.717) is 26.2 Å². The zero-order valence-electron chi connectivity index (χ0n) is 10.8. The van der Waals surface area contributed by atoms with Crippen molar-refractivity contribution in [1.29, 1.82) is 0 Å². The molecule has 1 heterocycles. The predicted octanol–water partition coefficient (Wildman–Crippen LogP) is 0.506. The maximum Gasteiger partial charge on any atom is 0.277 e. The Kier molecular flexibility index (Phi) is 4.60. The average Bonchev–Trinajstić information content (AvgIpc) is 2.89. The number of hydrogen-bond donors (Lipinski definition) is 2. The summed E-state index contributed by atoms with van der Waals surface area (Å²) in [5, 5.41) is 0. The van der Waals surface area contributed by atoms with Gasteiger partial charge in [0.2, 0.25) is 0 Å². The zero-order chi connectivity index (χ0) is 13.1. The molecular weight excluding hydrogens is 256 g/mol. The summed E-state index contributed by atoms with van der Waals surface area (Å²) in [7, 11) is -3.39. The molecule has 0 radical (unpaired) electrons. The van der Waals surface area contributed by atoms with Gasteiger partial charge in [0.15, 0.2) is 5.79 Å². The molecule has 2 rings (SSSR count). The second-order valence-corrected chi connectivity index (χ2v) is 6.61. The Morgan fingerprint density at radius 2 is 1.83 bits per heavy atom. The highest BCUT2D eigenvalue weighted by atomic mass is 32.2. The molecule has 7 heteroatoms. The Labute approximate surface area is 109 Å². The molecule has 0 aromatic carbocycles. The molecule has 1 aliphatic heterocycles. The summed E-state index contributed by atoms with van der Waals surface area (Å²) in [6.07, 6.45) is 4.59. The topological polar surface area (TPSA) is 76.7 Å². The lowest BCUT2D eigenvalue weighted by Crippen LogP contribution is -2.43. The molecule has 0 atom stereocenters. The largest absolute Gasteiger partial charge is 0.348 e. The first kappa shape index (κ1) is 14.2. The molecule has 0 spiro atoms. The van der Waals surface area contributed by atoms with Gasteiger partial charge in [-0.2, -0.15) is 13.1 Å². The first-order chi connectivity index (χ1) is 8.49. The highest BCUT2D eigenvalue weighted by molar-refractivity contribution is 7.87. The first-order valence-electron chi connectivity index (χ1n) is 6.54. The zero-order valence-corrected chi connectivity index (χ0v) is 11.6. The van der Waals surface area contributed by atoms with E-state index in [-0.39, 0.29) is 6.04 Å². The van der Waals surface area contributed by atoms with Crippen molar-refractivity contribution < 1.29 is 17.9 Å². The third-order valence-electron chi connectivity index (χ3n) is 3.45. The Morgan fingerprint density at radius 1 is 1.22 bits per heavy atom. The second kappa shape index (κ2) is 5.83. The van der Waals surface area contributed by atoms with Crippen molar-refractivity contribution in [2.45, 2.75) is 50.9 Å². The van der Waals surface area contributed by atoms with E-state index in [0.717, 1.165) is 25.7 Å². The van der Waals surface area contributed by atoms with Gasteiger partial charge in [-0.15, -0.1) is 0 Å². The summed E-state index contributed by atoms with van der Waals surface area (Å²) in [6, 6.07) is 0.0945. The summed E-state index contributed by atoms with van der Waals surface area (Å²) >= 11 is 0. The van der Waals surface area contributed by atoms with E-state index in [1.54, 1.807) is 0 Å². The minimum Gasteiger partial charge on any atom is -0.348 e. The van der Waals surface area contributed by atoms with Crippen LogP contribution in [-0.4, -0.2) is 40.0 Å². The molecule has 106 valence electrons. The summed E-state index contributed by atoms with van der Waals surface area (Å²) in [6.45, 7) is 3.30. The normalized spacial score (nSPS) is 24.7. The van der Waals surface area contributed by atoms with E-state index < -0.39 is 16.0 Å². The second-order valence-electron chi connectivity index (χ2n) is 5.08. The Balaban J connectivity index is 1.71. The van der Waals surface area contributed by atoms with Gasteiger partial charge in [-0.1, -0.05) is 12.8 Å². The standard InChI is InChI=1S/C11H22N2O4S/c1-11(16-8-9-17-11)6-7-12-18(14,15)13-10-4-2-3-5-10/h10,12-13H,2-9H2,1H3. The highest BCUT2D eigenvalue weighted by Gasteiger charge is 2.31. The minimum atomic E-state index is -3.39. The van der Waals surface area contributed by atoms with Gasteiger partial charge in [0, 0.05) is 19.0 Å². The molecule has 2 fully saturated rings.